The fourth-order valence-electron chi connectivity index (χ4n) is 4.49. The third-order valence-corrected chi connectivity index (χ3v) is 6.20. The van der Waals surface area contributed by atoms with Gasteiger partial charge in [-0.2, -0.15) is 0 Å². The number of hydrogen-bond acceptors (Lipinski definition) is 9. The van der Waals surface area contributed by atoms with Gasteiger partial charge in [-0.3, -0.25) is 0 Å². The predicted molar refractivity (Wildman–Crippen MR) is 160 cm³/mol. The number of ether oxygens (including phenoxy) is 6. The number of hydrogen-bond donors (Lipinski definition) is 3. The third kappa shape index (κ3) is 8.51. The maximum atomic E-state index is 10.8. The fraction of sp³-hybridized carbons (Fsp3) is 0.516. The number of aliphatic carboxylic acids is 1. The second-order valence-corrected chi connectivity index (χ2v) is 8.47. The van der Waals surface area contributed by atoms with Crippen molar-refractivity contribution in [3.63, 3.8) is 0 Å². The lowest BCUT2D eigenvalue weighted by atomic mass is 9.93. The Bertz CT molecular complexity index is 1250. The van der Waals surface area contributed by atoms with Crippen LogP contribution < -0.4 is 18.9 Å². The Morgan fingerprint density at radius 1 is 0.927 bits per heavy atom. The molecule has 0 amide bonds. The zero-order valence-electron chi connectivity index (χ0n) is 25.8. The van der Waals surface area contributed by atoms with E-state index in [-0.39, 0.29) is 18.5 Å². The fourth-order valence-corrected chi connectivity index (χ4v) is 4.49. The Kier molecular flexibility index (Phi) is 15.7. The van der Waals surface area contributed by atoms with E-state index < -0.39 is 12.6 Å². The average Bonchev–Trinajstić information content (AvgIpc) is 2.99. The largest absolute Gasteiger partial charge is 0.508 e. The van der Waals surface area contributed by atoms with E-state index in [9.17, 15) is 9.90 Å². The lowest BCUT2D eigenvalue weighted by Crippen LogP contribution is -2.21. The van der Waals surface area contributed by atoms with E-state index in [0.29, 0.717) is 62.3 Å². The van der Waals surface area contributed by atoms with Crippen LogP contribution in [-0.2, 0) is 20.9 Å². The molecule has 1 aliphatic rings. The van der Waals surface area contributed by atoms with E-state index in [1.807, 2.05) is 34.6 Å². The Labute approximate surface area is 242 Å². The van der Waals surface area contributed by atoms with Crippen molar-refractivity contribution in [3.8, 4) is 28.7 Å². The molecule has 3 aromatic rings. The van der Waals surface area contributed by atoms with Crippen LogP contribution in [0.1, 0.15) is 51.7 Å². The highest BCUT2D eigenvalue weighted by atomic mass is 16.5. The molecule has 1 heterocycles. The molecule has 1 fully saturated rings. The second kappa shape index (κ2) is 18.1. The number of fused-ring (bicyclic) bond motifs is 2. The van der Waals surface area contributed by atoms with Crippen LogP contribution in [0.5, 0.6) is 28.7 Å². The van der Waals surface area contributed by atoms with Gasteiger partial charge in [0, 0.05) is 22.9 Å². The van der Waals surface area contributed by atoms with E-state index in [0.717, 1.165) is 19.4 Å². The molecule has 10 nitrogen and oxygen atoms in total. The second-order valence-electron chi connectivity index (χ2n) is 8.47. The summed E-state index contributed by atoms with van der Waals surface area (Å²) in [6.07, 6.45) is 1.75. The van der Waals surface area contributed by atoms with Crippen LogP contribution in [0, 0.1) is 6.92 Å². The smallest absolute Gasteiger partial charge is 0.329 e. The molecule has 0 bridgehead atoms. The van der Waals surface area contributed by atoms with E-state index in [2.05, 4.69) is 0 Å². The molecule has 0 spiro atoms. The van der Waals surface area contributed by atoms with Gasteiger partial charge in [0.25, 0.3) is 0 Å². The van der Waals surface area contributed by atoms with Crippen LogP contribution in [0.4, 0.5) is 0 Å². The Morgan fingerprint density at radius 2 is 1.49 bits per heavy atom. The average molecular weight is 579 g/mol. The van der Waals surface area contributed by atoms with E-state index >= 15 is 0 Å². The first-order valence-corrected chi connectivity index (χ1v) is 13.8. The molecular weight excluding hydrogens is 532 g/mol. The summed E-state index contributed by atoms with van der Waals surface area (Å²) in [4.78, 5) is 10.8. The highest BCUT2D eigenvalue weighted by Crippen LogP contribution is 2.52. The maximum Gasteiger partial charge on any atom is 0.329 e. The molecular formula is C31H46O10. The first-order valence-electron chi connectivity index (χ1n) is 13.8. The monoisotopic (exact) mass is 578 g/mol. The first kappa shape index (κ1) is 35.6. The lowest BCUT2D eigenvalue weighted by Gasteiger charge is -2.21. The van der Waals surface area contributed by atoms with Crippen LogP contribution >= 0.6 is 0 Å². The molecule has 10 heteroatoms. The van der Waals surface area contributed by atoms with Gasteiger partial charge in [-0.15, -0.1) is 0 Å². The Morgan fingerprint density at radius 3 is 1.90 bits per heavy atom. The van der Waals surface area contributed by atoms with Crippen molar-refractivity contribution in [1.82, 2.24) is 0 Å². The molecule has 3 N–H and O–H groups in total. The van der Waals surface area contributed by atoms with Gasteiger partial charge in [-0.1, -0.05) is 27.7 Å². The number of methoxy groups -OCH3 is 4. The van der Waals surface area contributed by atoms with Gasteiger partial charge in [-0.25, -0.2) is 4.79 Å². The standard InChI is InChI=1S/C22H24O8.C5H10O2.2C2H6/c1-11-13(9-30-10-17(24)25)14(23)8-12-18(11)22(29-5)20-16(27-3)7-6-15(26-2)19(20)21(12)28-4;6-5-2-1-3-7-4-5;2*1-2/h6-8,23H,9-10H2,1-5H3,(H,24,25);5-6H,1-4H2;2*1-2H3. The van der Waals surface area contributed by atoms with Crippen molar-refractivity contribution in [2.24, 2.45) is 0 Å². The molecule has 1 aliphatic heterocycles. The number of benzene rings is 3. The van der Waals surface area contributed by atoms with Crippen LogP contribution in [0.2, 0.25) is 0 Å². The van der Waals surface area contributed by atoms with Gasteiger partial charge >= 0.3 is 5.97 Å². The van der Waals surface area contributed by atoms with Crippen molar-refractivity contribution >= 4 is 27.5 Å². The number of aromatic hydroxyl groups is 1. The predicted octanol–water partition coefficient (Wildman–Crippen LogP) is 5.85. The van der Waals surface area contributed by atoms with Crippen molar-refractivity contribution in [2.45, 2.75) is 60.2 Å². The SMILES string of the molecule is CC.CC.COc1ccc(OC)c2c(OC)c3c(C)c(COCC(=O)O)c(O)cc3c(OC)c12.OC1CCCOC1. The number of aliphatic hydroxyl groups excluding tert-OH is 1. The summed E-state index contributed by atoms with van der Waals surface area (Å²) >= 11 is 0. The molecule has 1 atom stereocenters. The number of phenols is 1. The quantitative estimate of drug-likeness (QED) is 0.279. The lowest BCUT2D eigenvalue weighted by molar-refractivity contribution is -0.142. The summed E-state index contributed by atoms with van der Waals surface area (Å²) in [5.74, 6) is 1.02. The van der Waals surface area contributed by atoms with Crippen LogP contribution in [-0.4, -0.2) is 75.7 Å². The number of carboxylic acid groups (broad SMARTS) is 1. The van der Waals surface area contributed by atoms with E-state index in [1.165, 1.54) is 7.11 Å². The van der Waals surface area contributed by atoms with Gasteiger partial charge in [0.15, 0.2) is 0 Å². The maximum absolute atomic E-state index is 10.8. The number of phenolic OH excluding ortho intramolecular Hbond substituents is 1. The molecule has 1 unspecified atom stereocenters. The zero-order chi connectivity index (χ0) is 31.1. The normalized spacial score (nSPS) is 14.0. The molecule has 4 rings (SSSR count). The number of aliphatic hydroxyl groups is 1. The highest BCUT2D eigenvalue weighted by Gasteiger charge is 2.25. The minimum absolute atomic E-state index is 0.0352. The van der Waals surface area contributed by atoms with Crippen molar-refractivity contribution in [1.29, 1.82) is 0 Å². The topological polar surface area (TPSA) is 133 Å². The van der Waals surface area contributed by atoms with E-state index in [1.54, 1.807) is 39.5 Å². The minimum Gasteiger partial charge on any atom is -0.508 e. The summed E-state index contributed by atoms with van der Waals surface area (Å²) in [7, 11) is 6.21. The molecule has 0 saturated carbocycles. The number of aryl methyl sites for hydroxylation is 1. The third-order valence-electron chi connectivity index (χ3n) is 6.20. The molecule has 0 radical (unpaired) electrons. The van der Waals surface area contributed by atoms with Gasteiger partial charge in [0.2, 0.25) is 0 Å². The zero-order valence-corrected chi connectivity index (χ0v) is 25.8. The van der Waals surface area contributed by atoms with Crippen LogP contribution in [0.3, 0.4) is 0 Å². The Balaban J connectivity index is 0.000000649. The molecule has 3 aromatic carbocycles. The van der Waals surface area contributed by atoms with Gasteiger partial charge in [0.05, 0.1) is 58.5 Å². The van der Waals surface area contributed by atoms with E-state index in [4.69, 9.17) is 38.6 Å². The van der Waals surface area contributed by atoms with Gasteiger partial charge in [-0.05, 0) is 43.5 Å². The number of carbonyl (C=O) groups is 1. The van der Waals surface area contributed by atoms with Gasteiger partial charge in [0.1, 0.15) is 35.4 Å². The summed E-state index contributed by atoms with van der Waals surface area (Å²) in [5.41, 5.74) is 1.14. The van der Waals surface area contributed by atoms with Crippen molar-refractivity contribution < 1.29 is 48.5 Å². The first-order chi connectivity index (χ1) is 19.8. The molecule has 1 saturated heterocycles. The van der Waals surface area contributed by atoms with Crippen molar-refractivity contribution in [3.05, 3.63) is 29.3 Å². The highest BCUT2D eigenvalue weighted by molar-refractivity contribution is 6.16. The summed E-state index contributed by atoms with van der Waals surface area (Å²) < 4.78 is 32.8. The Hall–Kier alpha value is -3.47. The summed E-state index contributed by atoms with van der Waals surface area (Å²) in [5, 5.41) is 30.9. The van der Waals surface area contributed by atoms with Crippen molar-refractivity contribution in [2.75, 3.05) is 48.3 Å². The molecule has 0 aliphatic carbocycles. The minimum atomic E-state index is -1.09. The molecule has 230 valence electrons. The van der Waals surface area contributed by atoms with Gasteiger partial charge < -0.3 is 43.7 Å². The molecule has 41 heavy (non-hydrogen) atoms. The van der Waals surface area contributed by atoms with Crippen LogP contribution in [0.25, 0.3) is 21.5 Å². The number of rotatable bonds is 8. The summed E-state index contributed by atoms with van der Waals surface area (Å²) in [6.45, 7) is 10.6. The summed E-state index contributed by atoms with van der Waals surface area (Å²) in [6, 6.07) is 5.11. The molecule has 0 aromatic heterocycles. The number of carboxylic acids is 1. The van der Waals surface area contributed by atoms with Crippen LogP contribution in [0.15, 0.2) is 18.2 Å².